The summed E-state index contributed by atoms with van der Waals surface area (Å²) in [5, 5.41) is 0. The Kier molecular flexibility index (Phi) is 67.5. The van der Waals surface area contributed by atoms with Crippen molar-refractivity contribution in [2.75, 3.05) is 132 Å². The second kappa shape index (κ2) is 67.1. The van der Waals surface area contributed by atoms with Crippen LogP contribution in [0.1, 0.15) is 233 Å². The number of nitrogens with zero attached hydrogens (tertiary/aromatic N) is 3. The summed E-state index contributed by atoms with van der Waals surface area (Å²) in [6.07, 6.45) is 36.9. The molecule has 0 bridgehead atoms. The Morgan fingerprint density at radius 3 is 0.713 bits per heavy atom. The number of hydrogen-bond acceptors (Lipinski definition) is 19. The summed E-state index contributed by atoms with van der Waals surface area (Å²) in [5.41, 5.74) is 0. The lowest BCUT2D eigenvalue weighted by Gasteiger charge is -2.25. The number of carbonyl (C=O) groups is 4. The van der Waals surface area contributed by atoms with E-state index in [0.29, 0.717) is 78.3 Å². The number of unbranched alkanes of at least 4 members (excludes halogenated alkanes) is 22. The van der Waals surface area contributed by atoms with E-state index in [4.69, 9.17) is 18.9 Å². The third kappa shape index (κ3) is 63.1. The van der Waals surface area contributed by atoms with Crippen molar-refractivity contribution in [2.24, 2.45) is 0 Å². The van der Waals surface area contributed by atoms with Crippen LogP contribution in [0.2, 0.25) is 0 Å². The van der Waals surface area contributed by atoms with E-state index < -0.39 is 0 Å². The lowest BCUT2D eigenvalue weighted by molar-refractivity contribution is -0.145. The van der Waals surface area contributed by atoms with Gasteiger partial charge in [-0.1, -0.05) is 255 Å². The van der Waals surface area contributed by atoms with Gasteiger partial charge in [-0.25, -0.2) is 0 Å². The minimum absolute atomic E-state index is 0.190. The minimum Gasteiger partial charge on any atom is -0.465 e. The SMILES string of the molecule is CCCCCCCCCCSSCCOC(=O)CCN(CCCN(C)CCCN(CCC(=O)OCCSSCCCCCCCC)CCC(=O)OCCSSCCCCCCCC)CCC(=O)OCCSSCCCCCCCC. The second-order valence-electron chi connectivity index (χ2n) is 20.9. The van der Waals surface area contributed by atoms with Crippen LogP contribution in [0.15, 0.2) is 0 Å². The van der Waals surface area contributed by atoms with Gasteiger partial charge in [0.05, 0.1) is 25.7 Å². The van der Waals surface area contributed by atoms with Gasteiger partial charge in [-0.15, -0.1) is 0 Å². The topological polar surface area (TPSA) is 115 Å². The van der Waals surface area contributed by atoms with Crippen LogP contribution in [0.4, 0.5) is 0 Å². The maximum absolute atomic E-state index is 12.9. The highest BCUT2D eigenvalue weighted by Crippen LogP contribution is 2.26. The fraction of sp³-hybridized carbons (Fsp3) is 0.934. The van der Waals surface area contributed by atoms with Gasteiger partial charge in [0.25, 0.3) is 0 Å². The molecular formula is C61H119N3O8S8. The Labute approximate surface area is 524 Å². The number of hydrogen-bond donors (Lipinski definition) is 0. The molecule has 19 heteroatoms. The molecule has 0 spiro atoms. The van der Waals surface area contributed by atoms with Crippen molar-refractivity contribution in [2.45, 2.75) is 233 Å². The Hall–Kier alpha value is 0.560. The van der Waals surface area contributed by atoms with Gasteiger partial charge in [-0.3, -0.25) is 19.2 Å². The first kappa shape index (κ1) is 80.6. The van der Waals surface area contributed by atoms with Crippen molar-refractivity contribution < 1.29 is 38.1 Å². The fourth-order valence-electron chi connectivity index (χ4n) is 8.55. The molecule has 0 rings (SSSR count). The molecule has 0 aliphatic heterocycles. The molecule has 0 unspecified atom stereocenters. The van der Waals surface area contributed by atoms with Crippen molar-refractivity contribution in [1.82, 2.24) is 14.7 Å². The molecule has 0 aromatic carbocycles. The van der Waals surface area contributed by atoms with Crippen molar-refractivity contribution in [3.63, 3.8) is 0 Å². The molecular weight excluding hydrogens is 1160 g/mol. The Morgan fingerprint density at radius 2 is 0.475 bits per heavy atom. The summed E-state index contributed by atoms with van der Waals surface area (Å²) in [5.74, 6) is 6.95. The highest BCUT2D eigenvalue weighted by Gasteiger charge is 2.16. The predicted octanol–water partition coefficient (Wildman–Crippen LogP) is 17.8. The van der Waals surface area contributed by atoms with E-state index in [9.17, 15) is 19.2 Å². The van der Waals surface area contributed by atoms with Gasteiger partial charge >= 0.3 is 23.9 Å². The van der Waals surface area contributed by atoms with Crippen LogP contribution in [-0.4, -0.2) is 170 Å². The van der Waals surface area contributed by atoms with Crippen LogP contribution in [0.25, 0.3) is 0 Å². The molecule has 0 saturated heterocycles. The number of esters is 4. The molecule has 0 saturated carbocycles. The highest BCUT2D eigenvalue weighted by atomic mass is 33.1. The van der Waals surface area contributed by atoms with E-state index in [-0.39, 0.29) is 23.9 Å². The summed E-state index contributed by atoms with van der Waals surface area (Å²) < 4.78 is 22.5. The Morgan fingerprint density at radius 1 is 0.263 bits per heavy atom. The minimum atomic E-state index is -0.192. The van der Waals surface area contributed by atoms with Crippen molar-refractivity contribution >= 4 is 110 Å². The third-order valence-corrected chi connectivity index (χ3v) is 23.3. The molecule has 0 aromatic heterocycles. The zero-order valence-electron chi connectivity index (χ0n) is 51.6. The Balaban J connectivity index is 5.05. The van der Waals surface area contributed by atoms with E-state index in [1.165, 1.54) is 167 Å². The molecule has 0 N–H and O–H groups in total. The monoisotopic (exact) mass is 1280 g/mol. The summed E-state index contributed by atoms with van der Waals surface area (Å²) in [6.45, 7) is 16.1. The van der Waals surface area contributed by atoms with Gasteiger partial charge < -0.3 is 33.6 Å². The molecule has 0 heterocycles. The standard InChI is InChI=1S/C61H119N3O8S8/c1-6-10-14-18-22-23-27-31-53-76-80-57-49-72-61(68)37-45-64(44-36-60(67)71-48-56-79-75-52-30-26-21-17-13-9-4)41-33-39-62(5)38-32-40-63(42-34-58(65)69-46-54-77-73-50-28-24-19-15-11-7-2)43-35-59(66)70-47-55-78-74-51-29-25-20-16-12-8-3/h6-57H2,1-5H3. The smallest absolute Gasteiger partial charge is 0.307 e. The molecule has 474 valence electrons. The van der Waals surface area contributed by atoms with Crippen molar-refractivity contribution in [3.8, 4) is 0 Å². The molecule has 80 heavy (non-hydrogen) atoms. The second-order valence-corrected chi connectivity index (χ2v) is 31.7. The first-order valence-electron chi connectivity index (χ1n) is 32.0. The number of ether oxygens (including phenoxy) is 4. The third-order valence-electron chi connectivity index (χ3n) is 13.4. The molecule has 0 aliphatic rings. The van der Waals surface area contributed by atoms with Gasteiger partial charge in [0.2, 0.25) is 0 Å². The maximum atomic E-state index is 12.9. The zero-order valence-corrected chi connectivity index (χ0v) is 58.2. The van der Waals surface area contributed by atoms with Gasteiger partial charge in [0, 0.05) is 72.2 Å². The lowest BCUT2D eigenvalue weighted by atomic mass is 10.1. The normalized spacial score (nSPS) is 11.6. The molecule has 0 aliphatic carbocycles. The molecule has 0 atom stereocenters. The molecule has 0 aromatic rings. The van der Waals surface area contributed by atoms with Crippen LogP contribution in [0.3, 0.4) is 0 Å². The van der Waals surface area contributed by atoms with E-state index in [1.807, 2.05) is 43.2 Å². The van der Waals surface area contributed by atoms with E-state index in [0.717, 1.165) is 85.0 Å². The maximum Gasteiger partial charge on any atom is 0.307 e. The molecule has 11 nitrogen and oxygen atoms in total. The largest absolute Gasteiger partial charge is 0.465 e. The average molecular weight is 1280 g/mol. The number of carbonyl (C=O) groups excluding carboxylic acids is 4. The van der Waals surface area contributed by atoms with Crippen LogP contribution >= 0.6 is 86.4 Å². The molecule has 0 fully saturated rings. The fourth-order valence-corrected chi connectivity index (χ4v) is 16.4. The molecule has 0 amide bonds. The van der Waals surface area contributed by atoms with Crippen molar-refractivity contribution in [1.29, 1.82) is 0 Å². The van der Waals surface area contributed by atoms with Crippen LogP contribution in [0.5, 0.6) is 0 Å². The van der Waals surface area contributed by atoms with Crippen molar-refractivity contribution in [3.05, 3.63) is 0 Å². The van der Waals surface area contributed by atoms with E-state index >= 15 is 0 Å². The predicted molar refractivity (Wildman–Crippen MR) is 364 cm³/mol. The first-order valence-corrected chi connectivity index (χ1v) is 41.9. The van der Waals surface area contributed by atoms with Crippen LogP contribution in [-0.2, 0) is 38.1 Å². The summed E-state index contributed by atoms with van der Waals surface area (Å²) in [7, 11) is 16.8. The van der Waals surface area contributed by atoms with Gasteiger partial charge in [0.15, 0.2) is 0 Å². The van der Waals surface area contributed by atoms with Gasteiger partial charge in [-0.05, 0) is 71.8 Å². The zero-order chi connectivity index (χ0) is 58.3. The number of rotatable bonds is 66. The quantitative estimate of drug-likeness (QED) is 0.0249. The molecule has 0 radical (unpaired) electrons. The van der Waals surface area contributed by atoms with Crippen LogP contribution < -0.4 is 0 Å². The first-order chi connectivity index (χ1) is 39.2. The summed E-state index contributed by atoms with van der Waals surface area (Å²) in [4.78, 5) is 58.1. The highest BCUT2D eigenvalue weighted by molar-refractivity contribution is 8.77. The Bertz CT molecular complexity index is 1310. The van der Waals surface area contributed by atoms with Crippen LogP contribution in [0, 0.1) is 0 Å². The summed E-state index contributed by atoms with van der Waals surface area (Å²) >= 11 is 0. The summed E-state index contributed by atoms with van der Waals surface area (Å²) in [6, 6.07) is 0. The van der Waals surface area contributed by atoms with Gasteiger partial charge in [0.1, 0.15) is 26.4 Å². The van der Waals surface area contributed by atoms with E-state index in [1.54, 1.807) is 43.2 Å². The average Bonchev–Trinajstić information content (AvgIpc) is 3.45. The van der Waals surface area contributed by atoms with Gasteiger partial charge in [-0.2, -0.15) is 0 Å². The lowest BCUT2D eigenvalue weighted by Crippen LogP contribution is -2.34. The van der Waals surface area contributed by atoms with E-state index in [2.05, 4.69) is 49.4 Å².